The van der Waals surface area contributed by atoms with Crippen molar-refractivity contribution >= 4 is 17.5 Å². The lowest BCUT2D eigenvalue weighted by molar-refractivity contribution is -0.117. The van der Waals surface area contributed by atoms with E-state index in [1.165, 1.54) is 45.3 Å². The summed E-state index contributed by atoms with van der Waals surface area (Å²) in [6, 6.07) is 0.286. The zero-order valence-electron chi connectivity index (χ0n) is 17.5. The van der Waals surface area contributed by atoms with Crippen molar-refractivity contribution in [3.8, 4) is 6.01 Å². The van der Waals surface area contributed by atoms with E-state index >= 15 is 0 Å². The molecule has 3 heterocycles. The van der Waals surface area contributed by atoms with Gasteiger partial charge in [-0.3, -0.25) is 9.69 Å². The van der Waals surface area contributed by atoms with E-state index in [9.17, 15) is 4.79 Å². The number of carbonyl (C=O) groups excluding carboxylic acids is 1. The number of hydrogen-bond acceptors (Lipinski definition) is 6. The summed E-state index contributed by atoms with van der Waals surface area (Å²) in [6.07, 6.45) is 8.28. The molecule has 1 aromatic heterocycles. The number of anilines is 2. The molecule has 0 aromatic carbocycles. The number of aromatic nitrogens is 2. The third-order valence-corrected chi connectivity index (χ3v) is 5.91. The van der Waals surface area contributed by atoms with Crippen molar-refractivity contribution in [2.45, 2.75) is 65.2 Å². The highest BCUT2D eigenvalue weighted by atomic mass is 16.5. The number of likely N-dealkylation sites (tertiary alicyclic amines) is 1. The lowest BCUT2D eigenvalue weighted by atomic mass is 9.93. The van der Waals surface area contributed by atoms with Crippen molar-refractivity contribution < 1.29 is 9.53 Å². The van der Waals surface area contributed by atoms with Gasteiger partial charge in [0.1, 0.15) is 11.6 Å². The van der Waals surface area contributed by atoms with Gasteiger partial charge in [-0.25, -0.2) is 0 Å². The number of nitrogens with two attached hydrogens (primary N) is 1. The van der Waals surface area contributed by atoms with Crippen LogP contribution in [0.4, 0.5) is 11.6 Å². The van der Waals surface area contributed by atoms with Gasteiger partial charge >= 0.3 is 6.01 Å². The monoisotopic (exact) mass is 389 g/mol. The molecule has 1 amide bonds. The molecule has 0 radical (unpaired) electrons. The largest absolute Gasteiger partial charge is 0.463 e. The molecule has 28 heavy (non-hydrogen) atoms. The predicted octanol–water partition coefficient (Wildman–Crippen LogP) is 3.03. The summed E-state index contributed by atoms with van der Waals surface area (Å²) in [6.45, 7) is 9.21. The minimum atomic E-state index is 0.0714. The van der Waals surface area contributed by atoms with Gasteiger partial charge in [-0.05, 0) is 57.7 Å². The van der Waals surface area contributed by atoms with E-state index in [-0.39, 0.29) is 11.9 Å². The second kappa shape index (κ2) is 10.0. The number of ether oxygens (including phenoxy) is 1. The highest BCUT2D eigenvalue weighted by molar-refractivity contribution is 6.01. The Morgan fingerprint density at radius 1 is 1.11 bits per heavy atom. The van der Waals surface area contributed by atoms with E-state index in [4.69, 9.17) is 10.5 Å². The molecule has 0 spiro atoms. The molecule has 2 aliphatic rings. The molecule has 0 saturated carbocycles. The molecule has 0 unspecified atom stereocenters. The summed E-state index contributed by atoms with van der Waals surface area (Å²) in [5, 5.41) is 0. The molecule has 7 heteroatoms. The van der Waals surface area contributed by atoms with Crippen LogP contribution in [-0.2, 0) is 11.2 Å². The Balaban J connectivity index is 1.56. The van der Waals surface area contributed by atoms with Gasteiger partial charge in [-0.15, -0.1) is 0 Å². The maximum Gasteiger partial charge on any atom is 0.320 e. The molecule has 0 bridgehead atoms. The van der Waals surface area contributed by atoms with Crippen LogP contribution in [-0.4, -0.2) is 53.6 Å². The zero-order valence-corrected chi connectivity index (χ0v) is 17.5. The fraction of sp³-hybridized carbons (Fsp3) is 0.762. The number of amides is 1. The zero-order chi connectivity index (χ0) is 19.9. The summed E-state index contributed by atoms with van der Waals surface area (Å²) in [5.41, 5.74) is 6.83. The number of unbranched alkanes of at least 4 members (excludes halogenated alkanes) is 2. The normalized spacial score (nSPS) is 17.9. The first-order chi connectivity index (χ1) is 13.6. The SMILES string of the molecule is CCCCOc1nc(N)c2c(n1)N(CCC1CCN(CCCC)CC1)C(=O)C2. The van der Waals surface area contributed by atoms with Gasteiger partial charge in [-0.1, -0.05) is 26.7 Å². The average Bonchev–Trinajstić information content (AvgIpc) is 3.02. The Morgan fingerprint density at radius 2 is 1.86 bits per heavy atom. The van der Waals surface area contributed by atoms with E-state index in [0.29, 0.717) is 37.1 Å². The molecule has 1 fully saturated rings. The van der Waals surface area contributed by atoms with Gasteiger partial charge in [0.2, 0.25) is 5.91 Å². The van der Waals surface area contributed by atoms with Crippen LogP contribution < -0.4 is 15.4 Å². The molecule has 2 aliphatic heterocycles. The van der Waals surface area contributed by atoms with Crippen molar-refractivity contribution in [1.82, 2.24) is 14.9 Å². The van der Waals surface area contributed by atoms with Gasteiger partial charge in [0.15, 0.2) is 0 Å². The van der Waals surface area contributed by atoms with Gasteiger partial charge < -0.3 is 15.4 Å². The van der Waals surface area contributed by atoms with Crippen molar-refractivity contribution in [2.24, 2.45) is 5.92 Å². The molecule has 2 N–H and O–H groups in total. The topological polar surface area (TPSA) is 84.6 Å². The Kier molecular flexibility index (Phi) is 7.48. The molecule has 1 saturated heterocycles. The second-order valence-corrected chi connectivity index (χ2v) is 8.04. The highest BCUT2D eigenvalue weighted by Gasteiger charge is 2.32. The second-order valence-electron chi connectivity index (χ2n) is 8.04. The van der Waals surface area contributed by atoms with Crippen LogP contribution in [0, 0.1) is 5.92 Å². The van der Waals surface area contributed by atoms with Gasteiger partial charge in [0.05, 0.1) is 13.0 Å². The number of carbonyl (C=O) groups is 1. The van der Waals surface area contributed by atoms with Crippen LogP contribution in [0.5, 0.6) is 6.01 Å². The van der Waals surface area contributed by atoms with Crippen molar-refractivity contribution in [2.75, 3.05) is 43.4 Å². The maximum absolute atomic E-state index is 12.6. The third-order valence-electron chi connectivity index (χ3n) is 5.91. The van der Waals surface area contributed by atoms with Crippen molar-refractivity contribution in [3.05, 3.63) is 5.56 Å². The number of fused-ring (bicyclic) bond motifs is 1. The highest BCUT2D eigenvalue weighted by Crippen LogP contribution is 2.33. The third kappa shape index (κ3) is 5.13. The van der Waals surface area contributed by atoms with Crippen LogP contribution in [0.3, 0.4) is 0 Å². The average molecular weight is 390 g/mol. The van der Waals surface area contributed by atoms with Crippen LogP contribution in [0.1, 0.15) is 64.4 Å². The number of hydrogen-bond donors (Lipinski definition) is 1. The van der Waals surface area contributed by atoms with E-state index in [1.54, 1.807) is 4.90 Å². The minimum absolute atomic E-state index is 0.0714. The molecule has 156 valence electrons. The number of nitrogen functional groups attached to an aromatic ring is 1. The molecular formula is C21H35N5O2. The Morgan fingerprint density at radius 3 is 2.57 bits per heavy atom. The lowest BCUT2D eigenvalue weighted by Gasteiger charge is -2.32. The van der Waals surface area contributed by atoms with Crippen molar-refractivity contribution in [3.63, 3.8) is 0 Å². The first-order valence-electron chi connectivity index (χ1n) is 10.9. The lowest BCUT2D eigenvalue weighted by Crippen LogP contribution is -2.36. The predicted molar refractivity (Wildman–Crippen MR) is 112 cm³/mol. The fourth-order valence-corrected chi connectivity index (χ4v) is 4.02. The summed E-state index contributed by atoms with van der Waals surface area (Å²) in [5.74, 6) is 1.78. The molecule has 0 atom stereocenters. The summed E-state index contributed by atoms with van der Waals surface area (Å²) >= 11 is 0. The standard InChI is InChI=1S/C21H35N5O2/c1-3-5-10-25-11-7-16(8-12-25)9-13-26-18(27)15-17-19(22)23-21(24-20(17)26)28-14-6-4-2/h16H,3-15H2,1-2H3,(H2,22,23,24). The van der Waals surface area contributed by atoms with Crippen LogP contribution >= 0.6 is 0 Å². The summed E-state index contributed by atoms with van der Waals surface area (Å²) in [7, 11) is 0. The van der Waals surface area contributed by atoms with E-state index < -0.39 is 0 Å². The molecule has 1 aromatic rings. The number of rotatable bonds is 10. The first kappa shape index (κ1) is 20.8. The van der Waals surface area contributed by atoms with E-state index in [2.05, 4.69) is 28.7 Å². The van der Waals surface area contributed by atoms with Crippen LogP contribution in [0.25, 0.3) is 0 Å². The van der Waals surface area contributed by atoms with Gasteiger partial charge in [0.25, 0.3) is 0 Å². The summed E-state index contributed by atoms with van der Waals surface area (Å²) < 4.78 is 5.63. The van der Waals surface area contributed by atoms with E-state index in [1.807, 2.05) is 0 Å². The molecule has 0 aliphatic carbocycles. The van der Waals surface area contributed by atoms with Gasteiger partial charge in [-0.2, -0.15) is 9.97 Å². The molecule has 7 nitrogen and oxygen atoms in total. The first-order valence-corrected chi connectivity index (χ1v) is 10.9. The number of nitrogens with zero attached hydrogens (tertiary/aromatic N) is 4. The van der Waals surface area contributed by atoms with Gasteiger partial charge in [0, 0.05) is 12.1 Å². The van der Waals surface area contributed by atoms with Crippen LogP contribution in [0.2, 0.25) is 0 Å². The summed E-state index contributed by atoms with van der Waals surface area (Å²) in [4.78, 5) is 25.7. The Labute approximate surface area is 168 Å². The molecule has 3 rings (SSSR count). The van der Waals surface area contributed by atoms with E-state index in [0.717, 1.165) is 24.8 Å². The minimum Gasteiger partial charge on any atom is -0.463 e. The quantitative estimate of drug-likeness (QED) is 0.619. The smallest absolute Gasteiger partial charge is 0.320 e. The fourth-order valence-electron chi connectivity index (χ4n) is 4.02. The number of piperidine rings is 1. The maximum atomic E-state index is 12.6. The Bertz CT molecular complexity index is 658. The van der Waals surface area contributed by atoms with Crippen LogP contribution in [0.15, 0.2) is 0 Å². The molecular weight excluding hydrogens is 354 g/mol. The van der Waals surface area contributed by atoms with Crippen molar-refractivity contribution in [1.29, 1.82) is 0 Å². The Hall–Kier alpha value is -1.89.